The molecule has 0 radical (unpaired) electrons. The number of fused-ring (bicyclic) bond motifs is 1. The van der Waals surface area contributed by atoms with Gasteiger partial charge in [0.15, 0.2) is 17.5 Å². The number of carbonyl (C=O) groups excluding carboxylic acids is 1. The molecule has 186 valence electrons. The highest BCUT2D eigenvalue weighted by Gasteiger charge is 2.35. The van der Waals surface area contributed by atoms with Crippen LogP contribution in [-0.4, -0.2) is 59.8 Å². The second kappa shape index (κ2) is 9.46. The van der Waals surface area contributed by atoms with Crippen LogP contribution in [0, 0.1) is 18.6 Å². The van der Waals surface area contributed by atoms with E-state index in [2.05, 4.69) is 25.4 Å². The fraction of sp³-hybridized carbons (Fsp3) is 0.292. The second-order valence-corrected chi connectivity index (χ2v) is 8.44. The van der Waals surface area contributed by atoms with Gasteiger partial charge in [-0.05, 0) is 30.2 Å². The molecular weight excluding hydrogens is 470 g/mol. The molecule has 5 rings (SSSR count). The summed E-state index contributed by atoms with van der Waals surface area (Å²) >= 11 is 0. The maximum atomic E-state index is 13.9. The lowest BCUT2D eigenvalue weighted by molar-refractivity contribution is 0.0379. The highest BCUT2D eigenvalue weighted by atomic mass is 19.2. The molecule has 36 heavy (non-hydrogen) atoms. The summed E-state index contributed by atoms with van der Waals surface area (Å²) in [5.74, 6) is -1.50. The van der Waals surface area contributed by atoms with E-state index in [1.807, 2.05) is 6.92 Å². The number of hydrogen-bond donors (Lipinski definition) is 1. The van der Waals surface area contributed by atoms with E-state index in [1.165, 1.54) is 11.0 Å². The van der Waals surface area contributed by atoms with Crippen LogP contribution in [0.25, 0.3) is 11.4 Å². The summed E-state index contributed by atoms with van der Waals surface area (Å²) in [6.07, 6.45) is 4.92. The van der Waals surface area contributed by atoms with Crippen LogP contribution in [0.1, 0.15) is 25.9 Å². The van der Waals surface area contributed by atoms with Crippen LogP contribution in [0.2, 0.25) is 0 Å². The van der Waals surface area contributed by atoms with Crippen molar-refractivity contribution in [2.24, 2.45) is 7.05 Å². The predicted molar refractivity (Wildman–Crippen MR) is 126 cm³/mol. The molecule has 1 amide bonds. The Kier molecular flexibility index (Phi) is 5.27. The summed E-state index contributed by atoms with van der Waals surface area (Å²) < 4.78 is 57.8. The van der Waals surface area contributed by atoms with Gasteiger partial charge >= 0.3 is 0 Å². The smallest absolute Gasteiger partial charge is 0.290 e. The predicted octanol–water partition coefficient (Wildman–Crippen LogP) is 3.07. The van der Waals surface area contributed by atoms with Crippen molar-refractivity contribution in [2.75, 3.05) is 19.0 Å². The molecule has 0 saturated heterocycles. The number of aryl methyl sites for hydroxylation is 2. The number of anilines is 2. The van der Waals surface area contributed by atoms with Gasteiger partial charge in [0, 0.05) is 45.6 Å². The first-order valence-electron chi connectivity index (χ1n) is 12.5. The zero-order valence-corrected chi connectivity index (χ0v) is 19.4. The maximum absolute atomic E-state index is 13.9. The third-order valence-corrected chi connectivity index (χ3v) is 5.96. The first kappa shape index (κ1) is 20.0. The van der Waals surface area contributed by atoms with E-state index >= 15 is 0 Å². The fourth-order valence-corrected chi connectivity index (χ4v) is 4.11. The van der Waals surface area contributed by atoms with E-state index in [-0.39, 0.29) is 25.5 Å². The van der Waals surface area contributed by atoms with Gasteiger partial charge in [0.1, 0.15) is 11.5 Å². The zero-order chi connectivity index (χ0) is 27.9. The molecule has 0 fully saturated rings. The number of benzene rings is 1. The van der Waals surface area contributed by atoms with Gasteiger partial charge < -0.3 is 19.5 Å². The van der Waals surface area contributed by atoms with E-state index in [9.17, 15) is 13.6 Å². The van der Waals surface area contributed by atoms with Crippen LogP contribution in [0.4, 0.5) is 20.5 Å². The van der Waals surface area contributed by atoms with Crippen LogP contribution in [0.3, 0.4) is 0 Å². The standard InChI is InChI=1S/C24H24F2N8O2/c1-14-9-27-24(30-20-6-7-28-32(20)2)31-21(14)19-12-33-11-16(13-36-3)34(23(35)22(33)29-19)10-15-4-5-17(25)18(26)8-15/h4-9,12,16H,10-11,13H2,1-3H3,(H,27,30,31)/t16-/m1/s1/i3D3. The maximum Gasteiger partial charge on any atom is 0.290 e. The van der Waals surface area contributed by atoms with Crippen molar-refractivity contribution in [2.45, 2.75) is 26.1 Å². The molecule has 10 nitrogen and oxygen atoms in total. The molecule has 1 N–H and O–H groups in total. The summed E-state index contributed by atoms with van der Waals surface area (Å²) in [6.45, 7) is 1.58. The van der Waals surface area contributed by atoms with Gasteiger partial charge in [0.2, 0.25) is 5.95 Å². The summed E-state index contributed by atoms with van der Waals surface area (Å²) in [6, 6.07) is 4.38. The molecule has 4 heterocycles. The number of nitrogens with zero attached hydrogens (tertiary/aromatic N) is 7. The van der Waals surface area contributed by atoms with E-state index < -0.39 is 30.6 Å². The molecule has 12 heteroatoms. The van der Waals surface area contributed by atoms with Crippen molar-refractivity contribution in [3.8, 4) is 11.4 Å². The molecule has 0 spiro atoms. The van der Waals surface area contributed by atoms with Crippen LogP contribution < -0.4 is 5.32 Å². The Hall–Kier alpha value is -4.19. The Balaban J connectivity index is 1.47. The number of imidazole rings is 1. The molecular formula is C24H24F2N8O2. The number of carbonyl (C=O) groups is 1. The number of amides is 1. The molecule has 3 aromatic heterocycles. The summed E-state index contributed by atoms with van der Waals surface area (Å²) in [7, 11) is -0.905. The third kappa shape index (κ3) is 4.42. The molecule has 0 saturated carbocycles. The zero-order valence-electron chi connectivity index (χ0n) is 22.4. The van der Waals surface area contributed by atoms with Crippen molar-refractivity contribution in [1.82, 2.24) is 34.2 Å². The van der Waals surface area contributed by atoms with Gasteiger partial charge in [-0.1, -0.05) is 6.07 Å². The van der Waals surface area contributed by atoms with Gasteiger partial charge in [-0.2, -0.15) is 5.10 Å². The normalized spacial score (nSPS) is 16.9. The lowest BCUT2D eigenvalue weighted by atomic mass is 10.1. The topological polar surface area (TPSA) is 103 Å². The SMILES string of the molecule is [2H]C([2H])([2H])OC[C@H]1Cn2cc(-c3nc(Nc4ccnn4C)ncc3C)nc2C(=O)N1Cc1ccc(F)c(F)c1. The lowest BCUT2D eigenvalue weighted by Gasteiger charge is -2.35. The summed E-state index contributed by atoms with van der Waals surface area (Å²) in [5.41, 5.74) is 1.96. The van der Waals surface area contributed by atoms with E-state index in [1.54, 1.807) is 41.0 Å². The van der Waals surface area contributed by atoms with Gasteiger partial charge in [-0.15, -0.1) is 0 Å². The van der Waals surface area contributed by atoms with Gasteiger partial charge in [0.25, 0.3) is 5.91 Å². The highest BCUT2D eigenvalue weighted by Crippen LogP contribution is 2.27. The third-order valence-electron chi connectivity index (χ3n) is 5.96. The highest BCUT2D eigenvalue weighted by molar-refractivity contribution is 5.92. The molecule has 0 aliphatic carbocycles. The Morgan fingerprint density at radius 3 is 2.86 bits per heavy atom. The second-order valence-electron chi connectivity index (χ2n) is 8.44. The largest absolute Gasteiger partial charge is 0.382 e. The fourth-order valence-electron chi connectivity index (χ4n) is 4.11. The quantitative estimate of drug-likeness (QED) is 0.419. The molecule has 1 atom stereocenters. The van der Waals surface area contributed by atoms with Crippen LogP contribution >= 0.6 is 0 Å². The van der Waals surface area contributed by atoms with Crippen molar-refractivity contribution in [3.05, 3.63) is 71.4 Å². The minimum absolute atomic E-state index is 0.0943. The number of halogens is 2. The Morgan fingerprint density at radius 2 is 2.11 bits per heavy atom. The number of nitrogens with one attached hydrogen (secondary N) is 1. The summed E-state index contributed by atoms with van der Waals surface area (Å²) in [4.78, 5) is 28.4. The summed E-state index contributed by atoms with van der Waals surface area (Å²) in [5, 5.41) is 7.18. The first-order chi connectivity index (χ1) is 18.5. The van der Waals surface area contributed by atoms with E-state index in [0.29, 0.717) is 28.7 Å². The number of ether oxygens (including phenoxy) is 1. The molecule has 0 unspecified atom stereocenters. The minimum Gasteiger partial charge on any atom is -0.382 e. The van der Waals surface area contributed by atoms with Crippen LogP contribution in [0.15, 0.2) is 42.9 Å². The monoisotopic (exact) mass is 497 g/mol. The average molecular weight is 498 g/mol. The minimum atomic E-state index is -2.67. The molecule has 0 bridgehead atoms. The average Bonchev–Trinajstić information content (AvgIpc) is 3.49. The number of methoxy groups -OCH3 is 1. The molecule has 1 aromatic carbocycles. The van der Waals surface area contributed by atoms with Crippen molar-refractivity contribution >= 4 is 17.7 Å². The molecule has 1 aliphatic heterocycles. The van der Waals surface area contributed by atoms with Gasteiger partial charge in [-0.25, -0.2) is 23.7 Å². The van der Waals surface area contributed by atoms with Crippen molar-refractivity contribution in [1.29, 1.82) is 0 Å². The Labute approximate surface area is 209 Å². The first-order valence-corrected chi connectivity index (χ1v) is 11.0. The Morgan fingerprint density at radius 1 is 1.25 bits per heavy atom. The number of rotatable bonds is 7. The number of hydrogen-bond acceptors (Lipinski definition) is 7. The van der Waals surface area contributed by atoms with E-state index in [4.69, 9.17) is 8.85 Å². The van der Waals surface area contributed by atoms with Crippen molar-refractivity contribution < 1.29 is 22.4 Å². The van der Waals surface area contributed by atoms with Gasteiger partial charge in [-0.3, -0.25) is 9.48 Å². The number of aromatic nitrogens is 6. The van der Waals surface area contributed by atoms with Crippen LogP contribution in [-0.2, 0) is 24.9 Å². The van der Waals surface area contributed by atoms with Crippen molar-refractivity contribution in [3.63, 3.8) is 0 Å². The molecule has 4 aromatic rings. The van der Waals surface area contributed by atoms with Crippen LogP contribution in [0.5, 0.6) is 0 Å². The lowest BCUT2D eigenvalue weighted by Crippen LogP contribution is -2.49. The van der Waals surface area contributed by atoms with Gasteiger partial charge in [0.05, 0.1) is 28.7 Å². The molecule has 1 aliphatic rings. The Bertz CT molecular complexity index is 1540. The van der Waals surface area contributed by atoms with E-state index in [0.717, 1.165) is 17.7 Å².